The van der Waals surface area contributed by atoms with Crippen LogP contribution in [0.2, 0.25) is 0 Å². The van der Waals surface area contributed by atoms with Gasteiger partial charge in [-0.25, -0.2) is 0 Å². The zero-order valence-electron chi connectivity index (χ0n) is 14.9. The molecule has 136 valence electrons. The van der Waals surface area contributed by atoms with Crippen LogP contribution in [0.1, 0.15) is 52.4 Å². The van der Waals surface area contributed by atoms with Crippen molar-refractivity contribution in [2.75, 3.05) is 0 Å². The third kappa shape index (κ3) is 1.34. The van der Waals surface area contributed by atoms with E-state index in [9.17, 15) is 19.8 Å². The van der Waals surface area contributed by atoms with Crippen molar-refractivity contribution in [3.63, 3.8) is 0 Å². The molecule has 2 N–H and O–H groups in total. The maximum absolute atomic E-state index is 13.3. The molecule has 0 aromatic rings. The summed E-state index contributed by atoms with van der Waals surface area (Å²) >= 11 is 0. The van der Waals surface area contributed by atoms with Gasteiger partial charge in [0, 0.05) is 11.3 Å². The van der Waals surface area contributed by atoms with E-state index >= 15 is 0 Å². The Morgan fingerprint density at radius 2 is 1.92 bits per heavy atom. The molecule has 1 aliphatic heterocycles. The monoisotopic (exact) mass is 346 g/mol. The van der Waals surface area contributed by atoms with Gasteiger partial charge < -0.3 is 14.9 Å². The summed E-state index contributed by atoms with van der Waals surface area (Å²) in [5.74, 6) is -0.730. The summed E-state index contributed by atoms with van der Waals surface area (Å²) in [5.41, 5.74) is -3.37. The Morgan fingerprint density at radius 3 is 2.64 bits per heavy atom. The fraction of sp³-hybridized carbons (Fsp3) is 0.800. The highest BCUT2D eigenvalue weighted by molar-refractivity contribution is 6.04. The van der Waals surface area contributed by atoms with E-state index in [0.29, 0.717) is 31.3 Å². The Balaban J connectivity index is 1.79. The van der Waals surface area contributed by atoms with Crippen LogP contribution < -0.4 is 0 Å². The first kappa shape index (κ1) is 16.0. The highest BCUT2D eigenvalue weighted by Crippen LogP contribution is 2.74. The van der Waals surface area contributed by atoms with Gasteiger partial charge in [0.1, 0.15) is 12.2 Å². The van der Waals surface area contributed by atoms with E-state index in [4.69, 9.17) is 4.74 Å². The van der Waals surface area contributed by atoms with Crippen LogP contribution in [0.5, 0.6) is 0 Å². The van der Waals surface area contributed by atoms with Crippen LogP contribution in [0, 0.1) is 28.1 Å². The van der Waals surface area contributed by atoms with E-state index in [-0.39, 0.29) is 23.6 Å². The van der Waals surface area contributed by atoms with E-state index in [2.05, 4.69) is 6.58 Å². The number of allylic oxidation sites excluding steroid dienone is 1. The average Bonchev–Trinajstić information content (AvgIpc) is 2.96. The third-order valence-electron chi connectivity index (χ3n) is 8.91. The average molecular weight is 346 g/mol. The van der Waals surface area contributed by atoms with Crippen molar-refractivity contribution in [1.29, 1.82) is 0 Å². The Morgan fingerprint density at radius 1 is 1.20 bits per heavy atom. The maximum atomic E-state index is 13.3. The number of hydrogen-bond donors (Lipinski definition) is 2. The van der Waals surface area contributed by atoms with E-state index in [0.717, 1.165) is 12.8 Å². The van der Waals surface area contributed by atoms with Gasteiger partial charge in [0.15, 0.2) is 5.78 Å². The van der Waals surface area contributed by atoms with Crippen molar-refractivity contribution in [2.24, 2.45) is 28.1 Å². The number of carbonyl (C=O) groups excluding carboxylic acids is 2. The van der Waals surface area contributed by atoms with E-state index in [1.807, 2.05) is 13.8 Å². The van der Waals surface area contributed by atoms with Crippen LogP contribution in [0.15, 0.2) is 12.2 Å². The van der Waals surface area contributed by atoms with Crippen LogP contribution in [0.4, 0.5) is 0 Å². The highest BCUT2D eigenvalue weighted by atomic mass is 16.6. The lowest BCUT2D eigenvalue weighted by molar-refractivity contribution is -0.294. The predicted molar refractivity (Wildman–Crippen MR) is 88.3 cm³/mol. The molecule has 1 heterocycles. The molecule has 2 bridgehead atoms. The number of esters is 1. The zero-order chi connectivity index (χ0) is 18.0. The molecule has 0 radical (unpaired) electrons. The minimum Gasteiger partial charge on any atom is -0.459 e. The van der Waals surface area contributed by atoms with Crippen molar-refractivity contribution in [3.05, 3.63) is 12.2 Å². The van der Waals surface area contributed by atoms with Crippen molar-refractivity contribution in [1.82, 2.24) is 0 Å². The second kappa shape index (κ2) is 4.20. The van der Waals surface area contributed by atoms with E-state index in [1.54, 1.807) is 0 Å². The molecule has 1 spiro atoms. The lowest BCUT2D eigenvalue weighted by Crippen LogP contribution is -2.76. The number of Topliss-reactive ketones (excluding diaryl/α,β-unsaturated/α-hetero) is 1. The quantitative estimate of drug-likeness (QED) is 0.516. The van der Waals surface area contributed by atoms with Gasteiger partial charge in [0.2, 0.25) is 0 Å². The normalized spacial score (nSPS) is 59.4. The number of hydrogen-bond acceptors (Lipinski definition) is 5. The van der Waals surface area contributed by atoms with Crippen LogP contribution in [0.3, 0.4) is 0 Å². The molecule has 1 unspecified atom stereocenters. The summed E-state index contributed by atoms with van der Waals surface area (Å²) in [5, 5.41) is 23.4. The van der Waals surface area contributed by atoms with Crippen LogP contribution in [-0.4, -0.2) is 39.8 Å². The Hall–Kier alpha value is -1.20. The van der Waals surface area contributed by atoms with E-state index < -0.39 is 34.1 Å². The largest absolute Gasteiger partial charge is 0.459 e. The molecule has 4 saturated carbocycles. The lowest BCUT2D eigenvalue weighted by atomic mass is 9.38. The van der Waals surface area contributed by atoms with Gasteiger partial charge in [-0.05, 0) is 50.5 Å². The zero-order valence-corrected chi connectivity index (χ0v) is 14.9. The number of aliphatic hydroxyl groups excluding tert-OH is 1. The lowest BCUT2D eigenvalue weighted by Gasteiger charge is -2.67. The van der Waals surface area contributed by atoms with Gasteiger partial charge in [-0.15, -0.1) is 0 Å². The third-order valence-corrected chi connectivity index (χ3v) is 8.91. The molecule has 5 heteroatoms. The molecule has 5 rings (SSSR count). The minimum atomic E-state index is -1.32. The molecule has 4 aliphatic carbocycles. The molecule has 0 aromatic carbocycles. The Kier molecular flexibility index (Phi) is 2.69. The summed E-state index contributed by atoms with van der Waals surface area (Å²) in [6.07, 6.45) is 2.02. The van der Waals surface area contributed by atoms with Gasteiger partial charge in [-0.3, -0.25) is 9.59 Å². The molecule has 1 saturated heterocycles. The van der Waals surface area contributed by atoms with Gasteiger partial charge in [-0.2, -0.15) is 0 Å². The molecule has 5 fully saturated rings. The molecular formula is C20H26O5. The summed E-state index contributed by atoms with van der Waals surface area (Å²) in [4.78, 5) is 26.0. The topological polar surface area (TPSA) is 83.8 Å². The fourth-order valence-electron chi connectivity index (χ4n) is 7.72. The number of fused-ring (bicyclic) bond motifs is 2. The molecule has 5 nitrogen and oxygen atoms in total. The van der Waals surface area contributed by atoms with Crippen molar-refractivity contribution < 1.29 is 24.5 Å². The minimum absolute atomic E-state index is 0.0228. The molecule has 5 aliphatic rings. The van der Waals surface area contributed by atoms with E-state index in [1.165, 1.54) is 0 Å². The van der Waals surface area contributed by atoms with Crippen LogP contribution >= 0.6 is 0 Å². The first-order valence-electron chi connectivity index (χ1n) is 9.49. The predicted octanol–water partition coefficient (Wildman–Crippen LogP) is 1.76. The number of carbonyl (C=O) groups is 2. The number of ether oxygens (including phenoxy) is 1. The van der Waals surface area contributed by atoms with Crippen molar-refractivity contribution in [3.8, 4) is 0 Å². The van der Waals surface area contributed by atoms with Crippen molar-refractivity contribution >= 4 is 11.8 Å². The van der Waals surface area contributed by atoms with Gasteiger partial charge >= 0.3 is 5.97 Å². The molecule has 0 amide bonds. The molecule has 25 heavy (non-hydrogen) atoms. The Labute approximate surface area is 147 Å². The summed E-state index contributed by atoms with van der Waals surface area (Å²) in [7, 11) is 0. The standard InChI is InChI=1S/C20H26O5/c1-10-11-5-8-20(24)18(3)7-4-6-17(2)13(18)12(25-16(17)23)15(22)19(20,9-11)14(10)21/h11-13,15,22,24H,1,4-9H2,2-3H3/t11-,12-,13?,15+,17-,18-,19+,20-/m1/s1. The first-order valence-corrected chi connectivity index (χ1v) is 9.49. The first-order chi connectivity index (χ1) is 11.6. The SMILES string of the molecule is C=C1C(=O)[C@]23C[C@H]1CC[C@@]2(O)[C@]1(C)CCC[C@@]2(C)C(=O)O[C@H](C21)[C@@H]3O. The maximum Gasteiger partial charge on any atom is 0.312 e. The van der Waals surface area contributed by atoms with Crippen molar-refractivity contribution in [2.45, 2.75) is 70.2 Å². The second-order valence-corrected chi connectivity index (χ2v) is 9.61. The van der Waals surface area contributed by atoms with Gasteiger partial charge in [0.05, 0.1) is 16.4 Å². The van der Waals surface area contributed by atoms with Crippen LogP contribution in [0.25, 0.3) is 0 Å². The number of ketones is 1. The smallest absolute Gasteiger partial charge is 0.312 e. The summed E-state index contributed by atoms with van der Waals surface area (Å²) in [6.45, 7) is 7.90. The van der Waals surface area contributed by atoms with Gasteiger partial charge in [0.25, 0.3) is 0 Å². The molecule has 8 atom stereocenters. The fourth-order valence-corrected chi connectivity index (χ4v) is 7.72. The molecule has 0 aromatic heterocycles. The molecular weight excluding hydrogens is 320 g/mol. The summed E-state index contributed by atoms with van der Waals surface area (Å²) in [6, 6.07) is 0. The highest BCUT2D eigenvalue weighted by Gasteiger charge is 2.82. The summed E-state index contributed by atoms with van der Waals surface area (Å²) < 4.78 is 5.70. The van der Waals surface area contributed by atoms with Gasteiger partial charge in [-0.1, -0.05) is 19.9 Å². The number of aliphatic hydroxyl groups is 2. The second-order valence-electron chi connectivity index (χ2n) is 9.61. The number of rotatable bonds is 0. The Bertz CT molecular complexity index is 730. The van der Waals surface area contributed by atoms with Crippen LogP contribution in [-0.2, 0) is 14.3 Å².